The molecule has 0 aliphatic heterocycles. The van der Waals surface area contributed by atoms with E-state index in [1.165, 1.54) is 6.92 Å². The first-order valence-corrected chi connectivity index (χ1v) is 16.0. The number of rotatable bonds is 17. The van der Waals surface area contributed by atoms with E-state index in [0.29, 0.717) is 24.8 Å². The highest BCUT2D eigenvalue weighted by Gasteiger charge is 2.58. The number of aliphatic hydroxyl groups is 1. The second kappa shape index (κ2) is 15.5. The van der Waals surface area contributed by atoms with E-state index in [-0.39, 0.29) is 25.8 Å². The van der Waals surface area contributed by atoms with Crippen molar-refractivity contribution in [2.24, 2.45) is 5.73 Å². The van der Waals surface area contributed by atoms with Gasteiger partial charge in [-0.1, -0.05) is 12.1 Å². The van der Waals surface area contributed by atoms with Crippen LogP contribution in [-0.4, -0.2) is 85.1 Å². The van der Waals surface area contributed by atoms with Crippen LogP contribution in [0.15, 0.2) is 24.3 Å². The molecule has 0 unspecified atom stereocenters. The van der Waals surface area contributed by atoms with Gasteiger partial charge in [0.15, 0.2) is 0 Å². The third kappa shape index (κ3) is 10.4. The van der Waals surface area contributed by atoms with Gasteiger partial charge in [-0.15, -0.1) is 23.2 Å². The van der Waals surface area contributed by atoms with Crippen molar-refractivity contribution >= 4 is 55.9 Å². The topological polar surface area (TPSA) is 223 Å². The number of hydrogen-bond donors (Lipinski definition) is 8. The van der Waals surface area contributed by atoms with Crippen molar-refractivity contribution in [2.75, 3.05) is 36.3 Å². The van der Waals surface area contributed by atoms with Crippen molar-refractivity contribution in [1.29, 1.82) is 0 Å². The summed E-state index contributed by atoms with van der Waals surface area (Å²) < 4.78 is 22.7. The Kier molecular flexibility index (Phi) is 14.2. The molecule has 0 saturated heterocycles. The largest absolute Gasteiger partial charge is 0.369 e. The summed E-state index contributed by atoms with van der Waals surface area (Å²) in [6.45, 7) is 2.69. The van der Waals surface area contributed by atoms with E-state index >= 15 is 0 Å². The van der Waals surface area contributed by atoms with Crippen molar-refractivity contribution in [3.63, 3.8) is 0 Å². The molecule has 0 heterocycles. The van der Waals surface area contributed by atoms with Crippen LogP contribution in [-0.2, 0) is 25.1 Å². The lowest BCUT2D eigenvalue weighted by atomic mass is 10.0. The van der Waals surface area contributed by atoms with Gasteiger partial charge in [0.05, 0.1) is 6.04 Å². The molecule has 0 radical (unpaired) electrons. The Morgan fingerprint density at radius 2 is 1.53 bits per heavy atom. The molecule has 0 bridgehead atoms. The standard InChI is InChI=1S/C21H36Cl2N4O9P2/c1-15(19(28)25-11-3-2-8-21(30,37(31,32)33)38(34,35)36)26-20(29)18(24)14-16-4-6-17(7-5-16)27(12-9-22)13-10-23/h4-7,15,18,30H,2-3,8-14,24H2,1H3,(H,25,28)(H,26,29)(H2,31,32,33)(H2,34,35,36)/t15-,18-/m0/s1. The zero-order valence-corrected chi connectivity index (χ0v) is 24.2. The van der Waals surface area contributed by atoms with E-state index < -0.39 is 50.6 Å². The summed E-state index contributed by atoms with van der Waals surface area (Å²) in [4.78, 5) is 63.2. The van der Waals surface area contributed by atoms with Crippen molar-refractivity contribution in [1.82, 2.24) is 10.6 Å². The van der Waals surface area contributed by atoms with Gasteiger partial charge < -0.3 is 45.9 Å². The first kappa shape index (κ1) is 34.8. The number of carbonyl (C=O) groups is 2. The van der Waals surface area contributed by atoms with Crippen LogP contribution in [0.5, 0.6) is 0 Å². The second-order valence-corrected chi connectivity index (χ2v) is 13.4. The Balaban J connectivity index is 2.51. The number of benzene rings is 1. The number of hydrogen-bond acceptors (Lipinski definition) is 7. The van der Waals surface area contributed by atoms with Gasteiger partial charge in [-0.3, -0.25) is 18.7 Å². The third-order valence-corrected chi connectivity index (χ3v) is 9.94. The number of unbranched alkanes of at least 4 members (excludes halogenated alkanes) is 1. The SMILES string of the molecule is C[C@H](NC(=O)[C@@H](N)Cc1ccc(N(CCCl)CCCl)cc1)C(=O)NCCCCC(O)(P(=O)(O)O)P(=O)(O)O. The molecule has 1 aromatic rings. The number of nitrogens with two attached hydrogens (primary N) is 1. The van der Waals surface area contributed by atoms with Crippen LogP contribution in [0.4, 0.5) is 5.69 Å². The van der Waals surface area contributed by atoms with Crippen LogP contribution in [0.25, 0.3) is 0 Å². The minimum absolute atomic E-state index is 0.0275. The van der Waals surface area contributed by atoms with Gasteiger partial charge in [0, 0.05) is 37.1 Å². The molecule has 0 fully saturated rings. The zero-order chi connectivity index (χ0) is 29.1. The molecule has 2 atom stereocenters. The number of nitrogens with one attached hydrogen (secondary N) is 2. The van der Waals surface area contributed by atoms with Gasteiger partial charge in [0.2, 0.25) is 11.8 Å². The summed E-state index contributed by atoms with van der Waals surface area (Å²) in [5.41, 5.74) is 7.75. The van der Waals surface area contributed by atoms with Crippen molar-refractivity contribution in [3.05, 3.63) is 29.8 Å². The summed E-state index contributed by atoms with van der Waals surface area (Å²) in [6.07, 6.45) is -0.797. The van der Waals surface area contributed by atoms with Gasteiger partial charge in [0.25, 0.3) is 5.08 Å². The second-order valence-electron chi connectivity index (χ2n) is 8.68. The van der Waals surface area contributed by atoms with Gasteiger partial charge in [-0.05, 0) is 50.3 Å². The van der Waals surface area contributed by atoms with E-state index in [4.69, 9.17) is 48.5 Å². The molecule has 1 rings (SSSR count). The minimum Gasteiger partial charge on any atom is -0.369 e. The van der Waals surface area contributed by atoms with Gasteiger partial charge in [-0.25, -0.2) is 0 Å². The molecule has 0 aliphatic carbocycles. The summed E-state index contributed by atoms with van der Waals surface area (Å²) in [5, 5.41) is 11.3. The zero-order valence-electron chi connectivity index (χ0n) is 20.9. The van der Waals surface area contributed by atoms with Crippen LogP contribution >= 0.6 is 38.4 Å². The Bertz CT molecular complexity index is 979. The van der Waals surface area contributed by atoms with Crippen molar-refractivity contribution in [3.8, 4) is 0 Å². The van der Waals surface area contributed by atoms with Crippen molar-refractivity contribution < 1.29 is 43.4 Å². The average Bonchev–Trinajstić information content (AvgIpc) is 2.82. The highest BCUT2D eigenvalue weighted by molar-refractivity contribution is 7.72. The fourth-order valence-corrected chi connectivity index (χ4v) is 6.13. The minimum atomic E-state index is -5.52. The molecule has 38 heavy (non-hydrogen) atoms. The number of carbonyl (C=O) groups excluding carboxylic acids is 2. The van der Waals surface area contributed by atoms with Crippen LogP contribution in [0.2, 0.25) is 0 Å². The summed E-state index contributed by atoms with van der Waals surface area (Å²) in [7, 11) is -11.0. The highest BCUT2D eigenvalue weighted by Crippen LogP contribution is 2.69. The van der Waals surface area contributed by atoms with Gasteiger partial charge >= 0.3 is 15.2 Å². The maximum Gasteiger partial charge on any atom is 0.369 e. The highest BCUT2D eigenvalue weighted by atomic mass is 35.5. The molecular formula is C21H36Cl2N4O9P2. The quantitative estimate of drug-likeness (QED) is 0.0685. The van der Waals surface area contributed by atoms with Crippen LogP contribution in [0, 0.1) is 0 Å². The number of halogens is 2. The number of amides is 2. The van der Waals surface area contributed by atoms with E-state index in [0.717, 1.165) is 11.3 Å². The Morgan fingerprint density at radius 3 is 2.00 bits per heavy atom. The van der Waals surface area contributed by atoms with Crippen LogP contribution in [0.3, 0.4) is 0 Å². The number of nitrogens with zero attached hydrogens (tertiary/aromatic N) is 1. The predicted octanol–water partition coefficient (Wildman–Crippen LogP) is 0.633. The predicted molar refractivity (Wildman–Crippen MR) is 145 cm³/mol. The smallest absolute Gasteiger partial charge is 0.369 e. The molecule has 13 nitrogen and oxygen atoms in total. The molecule has 17 heteroatoms. The van der Waals surface area contributed by atoms with E-state index in [9.17, 15) is 23.8 Å². The molecule has 0 aromatic heterocycles. The Morgan fingerprint density at radius 1 is 1.00 bits per heavy atom. The van der Waals surface area contributed by atoms with Crippen molar-refractivity contribution in [2.45, 2.75) is 49.8 Å². The average molecular weight is 621 g/mol. The number of anilines is 1. The van der Waals surface area contributed by atoms with Crippen LogP contribution in [0.1, 0.15) is 31.7 Å². The maximum atomic E-state index is 12.5. The lowest BCUT2D eigenvalue weighted by Gasteiger charge is -2.29. The first-order chi connectivity index (χ1) is 17.6. The molecule has 0 aliphatic rings. The van der Waals surface area contributed by atoms with E-state index in [2.05, 4.69) is 10.6 Å². The molecule has 2 amide bonds. The Hall–Kier alpha value is -1.24. The summed E-state index contributed by atoms with van der Waals surface area (Å²) in [6, 6.07) is 5.58. The molecule has 0 saturated carbocycles. The molecule has 9 N–H and O–H groups in total. The lowest BCUT2D eigenvalue weighted by molar-refractivity contribution is -0.129. The van der Waals surface area contributed by atoms with Gasteiger partial charge in [-0.2, -0.15) is 0 Å². The Labute approximate surface area is 231 Å². The molecule has 0 spiro atoms. The lowest BCUT2D eigenvalue weighted by Crippen LogP contribution is -2.51. The maximum absolute atomic E-state index is 12.5. The normalized spacial score (nSPS) is 14.0. The fourth-order valence-electron chi connectivity index (χ4n) is 3.46. The van der Waals surface area contributed by atoms with E-state index in [1.54, 1.807) is 0 Å². The van der Waals surface area contributed by atoms with Crippen LogP contribution < -0.4 is 21.3 Å². The van der Waals surface area contributed by atoms with Gasteiger partial charge in [0.1, 0.15) is 6.04 Å². The van der Waals surface area contributed by atoms with E-state index in [1.807, 2.05) is 29.2 Å². The third-order valence-electron chi connectivity index (χ3n) is 5.73. The molecule has 218 valence electrons. The monoisotopic (exact) mass is 620 g/mol. The number of alkyl halides is 2. The molecule has 1 aromatic carbocycles. The molecular weight excluding hydrogens is 585 g/mol. The fraction of sp³-hybridized carbons (Fsp3) is 0.619. The summed E-state index contributed by atoms with van der Waals surface area (Å²) >= 11 is 11.7. The summed E-state index contributed by atoms with van der Waals surface area (Å²) in [5.74, 6) is -0.206. The first-order valence-electron chi connectivity index (χ1n) is 11.7.